The van der Waals surface area contributed by atoms with E-state index in [1.807, 2.05) is 36.5 Å². The second-order valence-electron chi connectivity index (χ2n) is 9.00. The van der Waals surface area contributed by atoms with Crippen LogP contribution < -0.4 is 14.2 Å². The summed E-state index contributed by atoms with van der Waals surface area (Å²) < 4.78 is 33.0. The summed E-state index contributed by atoms with van der Waals surface area (Å²) in [5, 5.41) is 0.992. The minimum absolute atomic E-state index is 0.149. The van der Waals surface area contributed by atoms with Crippen molar-refractivity contribution in [3.05, 3.63) is 94.6 Å². The van der Waals surface area contributed by atoms with Crippen molar-refractivity contribution >= 4 is 22.8 Å². The van der Waals surface area contributed by atoms with E-state index in [4.69, 9.17) is 14.2 Å². The largest absolute Gasteiger partial charge is 0.497 e. The number of methoxy groups -OCH3 is 1. The number of fused-ring (bicyclic) bond motifs is 4. The fourth-order valence-electron chi connectivity index (χ4n) is 4.90. The van der Waals surface area contributed by atoms with E-state index in [0.717, 1.165) is 39.9 Å². The zero-order valence-electron chi connectivity index (χ0n) is 20.1. The van der Waals surface area contributed by atoms with Gasteiger partial charge < -0.3 is 18.8 Å². The molecule has 3 heterocycles. The molecule has 1 aromatic heterocycles. The van der Waals surface area contributed by atoms with Gasteiger partial charge in [0.1, 0.15) is 29.8 Å². The summed E-state index contributed by atoms with van der Waals surface area (Å²) >= 11 is 0. The first-order chi connectivity index (χ1) is 17.5. The lowest BCUT2D eigenvalue weighted by atomic mass is 10.0. The summed E-state index contributed by atoms with van der Waals surface area (Å²) in [6.45, 7) is 4.44. The van der Waals surface area contributed by atoms with Gasteiger partial charge in [-0.1, -0.05) is 12.1 Å². The predicted molar refractivity (Wildman–Crippen MR) is 135 cm³/mol. The molecule has 0 N–H and O–H groups in total. The molecule has 0 saturated heterocycles. The van der Waals surface area contributed by atoms with Gasteiger partial charge in [-0.3, -0.25) is 9.69 Å². The number of allylic oxidation sites excluding steroid dienone is 1. The number of Topliss-reactive ketones (excluding diaryl/α,β-unsaturated/α-hetero) is 1. The van der Waals surface area contributed by atoms with Crippen LogP contribution in [0.5, 0.6) is 17.2 Å². The molecular weight excluding hydrogens is 459 g/mol. The van der Waals surface area contributed by atoms with Crippen LogP contribution in [0.15, 0.2) is 66.6 Å². The number of carbonyl (C=O) groups excluding carboxylic acids is 1. The van der Waals surface area contributed by atoms with Crippen LogP contribution >= 0.6 is 0 Å². The number of aryl methyl sites for hydroxylation is 1. The Morgan fingerprint density at radius 2 is 1.94 bits per heavy atom. The molecule has 36 heavy (non-hydrogen) atoms. The summed E-state index contributed by atoms with van der Waals surface area (Å²) in [6, 6.07) is 16.0. The maximum absolute atomic E-state index is 13.3. The van der Waals surface area contributed by atoms with Crippen molar-refractivity contribution in [3.8, 4) is 17.2 Å². The first kappa shape index (κ1) is 22.4. The maximum Gasteiger partial charge on any atom is 0.231 e. The summed E-state index contributed by atoms with van der Waals surface area (Å²) in [4.78, 5) is 15.4. The molecule has 6 nitrogen and oxygen atoms in total. The van der Waals surface area contributed by atoms with E-state index in [1.165, 1.54) is 12.1 Å². The number of nitrogens with zero attached hydrogens (tertiary/aromatic N) is 2. The van der Waals surface area contributed by atoms with Crippen molar-refractivity contribution in [2.75, 3.05) is 13.8 Å². The standard InChI is InChI=1S/C29H25FN2O4/c1-3-32-15-19(23-13-21(34-2)8-10-25(23)32)12-27-28(33)22-9-11-26-24(29(22)36-27)16-31(17-35-26)14-18-4-6-20(30)7-5-18/h4-13,15H,3,14,16-17H2,1-2H3/b27-12-. The quantitative estimate of drug-likeness (QED) is 0.336. The summed E-state index contributed by atoms with van der Waals surface area (Å²) in [6.07, 6.45) is 3.84. The first-order valence-electron chi connectivity index (χ1n) is 11.9. The van der Waals surface area contributed by atoms with Crippen LogP contribution in [0.1, 0.15) is 34.0 Å². The number of hydrogen-bond donors (Lipinski definition) is 0. The van der Waals surface area contributed by atoms with Crippen molar-refractivity contribution in [1.29, 1.82) is 0 Å². The Bertz CT molecular complexity index is 1520. The van der Waals surface area contributed by atoms with Gasteiger partial charge in [-0.2, -0.15) is 0 Å². The second-order valence-corrected chi connectivity index (χ2v) is 9.00. The van der Waals surface area contributed by atoms with Crippen LogP contribution in [-0.2, 0) is 19.6 Å². The van der Waals surface area contributed by atoms with Crippen molar-refractivity contribution < 1.29 is 23.4 Å². The molecule has 4 aromatic rings. The third-order valence-corrected chi connectivity index (χ3v) is 6.75. The van der Waals surface area contributed by atoms with Crippen molar-refractivity contribution in [2.24, 2.45) is 0 Å². The Labute approximate surface area is 208 Å². The van der Waals surface area contributed by atoms with E-state index in [1.54, 1.807) is 25.3 Å². The molecule has 0 radical (unpaired) electrons. The highest BCUT2D eigenvalue weighted by Gasteiger charge is 2.34. The second kappa shape index (κ2) is 8.84. The highest BCUT2D eigenvalue weighted by molar-refractivity contribution is 6.15. The number of ketones is 1. The minimum atomic E-state index is -0.261. The van der Waals surface area contributed by atoms with Gasteiger partial charge in [0.05, 0.1) is 18.2 Å². The van der Waals surface area contributed by atoms with E-state index in [2.05, 4.69) is 16.4 Å². The third-order valence-electron chi connectivity index (χ3n) is 6.75. The number of carbonyl (C=O) groups is 1. The molecule has 2 aliphatic heterocycles. The van der Waals surface area contributed by atoms with Crippen LogP contribution in [0.25, 0.3) is 17.0 Å². The SMILES string of the molecule is CCn1cc(/C=C2\Oc3c(ccc4c3CN(Cc3ccc(F)cc3)CO4)C2=O)c2cc(OC)ccc21. The van der Waals surface area contributed by atoms with Crippen LogP contribution in [0, 0.1) is 5.82 Å². The van der Waals surface area contributed by atoms with Gasteiger partial charge in [0.15, 0.2) is 5.76 Å². The Kier molecular flexibility index (Phi) is 5.49. The van der Waals surface area contributed by atoms with Crippen molar-refractivity contribution in [3.63, 3.8) is 0 Å². The lowest BCUT2D eigenvalue weighted by Crippen LogP contribution is -2.31. The molecular formula is C29H25FN2O4. The molecule has 0 atom stereocenters. The van der Waals surface area contributed by atoms with E-state index in [-0.39, 0.29) is 17.4 Å². The Morgan fingerprint density at radius 1 is 1.11 bits per heavy atom. The monoisotopic (exact) mass is 484 g/mol. The molecule has 7 heteroatoms. The lowest BCUT2D eigenvalue weighted by Gasteiger charge is -2.29. The number of aromatic nitrogens is 1. The number of benzene rings is 3. The van der Waals surface area contributed by atoms with Gasteiger partial charge in [-0.05, 0) is 61.0 Å². The molecule has 0 aliphatic carbocycles. The molecule has 0 fully saturated rings. The molecule has 0 bridgehead atoms. The normalized spacial score (nSPS) is 16.1. The van der Waals surface area contributed by atoms with E-state index >= 15 is 0 Å². The fourth-order valence-corrected chi connectivity index (χ4v) is 4.90. The first-order valence-corrected chi connectivity index (χ1v) is 11.9. The Balaban J connectivity index is 1.32. The highest BCUT2D eigenvalue weighted by Crippen LogP contribution is 2.42. The summed E-state index contributed by atoms with van der Waals surface area (Å²) in [5.74, 6) is 1.89. The molecule has 6 rings (SSSR count). The van der Waals surface area contributed by atoms with Gasteiger partial charge >= 0.3 is 0 Å². The minimum Gasteiger partial charge on any atom is -0.497 e. The smallest absolute Gasteiger partial charge is 0.231 e. The van der Waals surface area contributed by atoms with Gasteiger partial charge in [0, 0.05) is 42.3 Å². The van der Waals surface area contributed by atoms with E-state index in [9.17, 15) is 9.18 Å². The molecule has 2 aliphatic rings. The average molecular weight is 485 g/mol. The van der Waals surface area contributed by atoms with Crippen LogP contribution in [0.4, 0.5) is 4.39 Å². The van der Waals surface area contributed by atoms with Crippen molar-refractivity contribution in [1.82, 2.24) is 9.47 Å². The number of ether oxygens (including phenoxy) is 3. The van der Waals surface area contributed by atoms with Crippen molar-refractivity contribution in [2.45, 2.75) is 26.6 Å². The molecule has 3 aromatic carbocycles. The maximum atomic E-state index is 13.3. The fraction of sp³-hybridized carbons (Fsp3) is 0.207. The van der Waals surface area contributed by atoms with Gasteiger partial charge in [-0.25, -0.2) is 4.39 Å². The third kappa shape index (κ3) is 3.82. The highest BCUT2D eigenvalue weighted by atomic mass is 19.1. The summed E-state index contributed by atoms with van der Waals surface area (Å²) in [7, 11) is 1.64. The average Bonchev–Trinajstić information content (AvgIpc) is 3.42. The van der Waals surface area contributed by atoms with Gasteiger partial charge in [-0.15, -0.1) is 0 Å². The zero-order chi connectivity index (χ0) is 24.8. The van der Waals surface area contributed by atoms with E-state index < -0.39 is 0 Å². The van der Waals surface area contributed by atoms with Crippen LogP contribution in [0.2, 0.25) is 0 Å². The molecule has 0 saturated carbocycles. The molecule has 0 spiro atoms. The predicted octanol–water partition coefficient (Wildman–Crippen LogP) is 5.78. The van der Waals surface area contributed by atoms with Gasteiger partial charge in [0.2, 0.25) is 5.78 Å². The summed E-state index contributed by atoms with van der Waals surface area (Å²) in [5.41, 5.74) is 4.32. The number of rotatable bonds is 5. The number of halogens is 1. The lowest BCUT2D eigenvalue weighted by molar-refractivity contribution is 0.0872. The Hall–Kier alpha value is -4.10. The van der Waals surface area contributed by atoms with E-state index in [0.29, 0.717) is 36.9 Å². The topological polar surface area (TPSA) is 52.9 Å². The molecule has 0 unspecified atom stereocenters. The molecule has 0 amide bonds. The van der Waals surface area contributed by atoms with Gasteiger partial charge in [0.25, 0.3) is 0 Å². The zero-order valence-corrected chi connectivity index (χ0v) is 20.1. The molecule has 182 valence electrons. The Morgan fingerprint density at radius 3 is 2.72 bits per heavy atom. The number of hydrogen-bond acceptors (Lipinski definition) is 5. The van der Waals surface area contributed by atoms with Crippen LogP contribution in [-0.4, -0.2) is 29.1 Å². The van der Waals surface area contributed by atoms with Crippen LogP contribution in [0.3, 0.4) is 0 Å².